The van der Waals surface area contributed by atoms with E-state index in [4.69, 9.17) is 8.92 Å². The summed E-state index contributed by atoms with van der Waals surface area (Å²) in [5.74, 6) is 0. The molecule has 118 valence electrons. The van der Waals surface area contributed by atoms with Gasteiger partial charge in [-0.15, -0.1) is 0 Å². The third kappa shape index (κ3) is 4.94. The molecule has 0 saturated heterocycles. The quantitative estimate of drug-likeness (QED) is 0.735. The van der Waals surface area contributed by atoms with Crippen LogP contribution < -0.4 is 0 Å². The van der Waals surface area contributed by atoms with Crippen LogP contribution in [0.2, 0.25) is 0 Å². The summed E-state index contributed by atoms with van der Waals surface area (Å²) in [6.07, 6.45) is -0.319. The maximum absolute atomic E-state index is 12.0. The molecule has 1 atom stereocenters. The van der Waals surface area contributed by atoms with E-state index in [0.717, 1.165) is 11.1 Å². The van der Waals surface area contributed by atoms with Crippen LogP contribution in [-0.2, 0) is 25.6 Å². The van der Waals surface area contributed by atoms with Gasteiger partial charge in [0.25, 0.3) is 10.1 Å². The van der Waals surface area contributed by atoms with Gasteiger partial charge in [-0.05, 0) is 31.5 Å². The smallest absolute Gasteiger partial charge is 0.297 e. The predicted molar refractivity (Wildman–Crippen MR) is 85.0 cm³/mol. The average molecular weight is 320 g/mol. The molecule has 0 amide bonds. The second-order valence-corrected chi connectivity index (χ2v) is 6.77. The second kappa shape index (κ2) is 7.54. The molecule has 0 radical (unpaired) electrons. The molecular weight excluding hydrogens is 300 g/mol. The Morgan fingerprint density at radius 3 is 2.27 bits per heavy atom. The normalized spacial score (nSPS) is 13.0. The average Bonchev–Trinajstić information content (AvgIpc) is 2.52. The summed E-state index contributed by atoms with van der Waals surface area (Å²) in [7, 11) is -3.74. The number of hydrogen-bond acceptors (Lipinski definition) is 4. The van der Waals surface area contributed by atoms with Gasteiger partial charge >= 0.3 is 0 Å². The molecule has 5 heteroatoms. The zero-order valence-corrected chi connectivity index (χ0v) is 13.5. The predicted octanol–water partition coefficient (Wildman–Crippen LogP) is 3.31. The van der Waals surface area contributed by atoms with E-state index in [1.165, 1.54) is 0 Å². The van der Waals surface area contributed by atoms with Crippen LogP contribution in [0.15, 0.2) is 59.5 Å². The Bertz CT molecular complexity index is 678. The van der Waals surface area contributed by atoms with Gasteiger partial charge in [-0.3, -0.25) is 4.18 Å². The third-order valence-corrected chi connectivity index (χ3v) is 4.44. The van der Waals surface area contributed by atoms with Gasteiger partial charge in [-0.1, -0.05) is 48.0 Å². The summed E-state index contributed by atoms with van der Waals surface area (Å²) in [4.78, 5) is 0.161. The van der Waals surface area contributed by atoms with Crippen LogP contribution in [0.25, 0.3) is 0 Å². The number of rotatable bonds is 7. The first kappa shape index (κ1) is 16.7. The Kier molecular flexibility index (Phi) is 5.71. The highest BCUT2D eigenvalue weighted by atomic mass is 32.2. The van der Waals surface area contributed by atoms with Gasteiger partial charge in [0.15, 0.2) is 0 Å². The fraction of sp³-hybridized carbons (Fsp3) is 0.294. The minimum absolute atomic E-state index is 0.0109. The van der Waals surface area contributed by atoms with Crippen molar-refractivity contribution in [2.45, 2.75) is 31.5 Å². The molecule has 0 N–H and O–H groups in total. The molecule has 22 heavy (non-hydrogen) atoms. The van der Waals surface area contributed by atoms with Crippen molar-refractivity contribution in [2.24, 2.45) is 0 Å². The number of ether oxygens (including phenoxy) is 1. The molecule has 0 fully saturated rings. The summed E-state index contributed by atoms with van der Waals surface area (Å²) in [6.45, 7) is 4.10. The van der Waals surface area contributed by atoms with E-state index in [2.05, 4.69) is 0 Å². The molecular formula is C17H20O4S. The van der Waals surface area contributed by atoms with Gasteiger partial charge < -0.3 is 4.74 Å². The van der Waals surface area contributed by atoms with Crippen molar-refractivity contribution in [3.8, 4) is 0 Å². The van der Waals surface area contributed by atoms with Gasteiger partial charge in [0.1, 0.15) is 0 Å². The zero-order valence-electron chi connectivity index (χ0n) is 12.7. The van der Waals surface area contributed by atoms with Gasteiger partial charge in [0, 0.05) is 0 Å². The van der Waals surface area contributed by atoms with E-state index < -0.39 is 10.1 Å². The highest BCUT2D eigenvalue weighted by molar-refractivity contribution is 7.86. The summed E-state index contributed by atoms with van der Waals surface area (Å²) < 4.78 is 34.7. The molecule has 0 aliphatic heterocycles. The topological polar surface area (TPSA) is 52.6 Å². The van der Waals surface area contributed by atoms with E-state index in [1.807, 2.05) is 37.3 Å². The number of benzene rings is 2. The number of aryl methyl sites for hydroxylation is 1. The van der Waals surface area contributed by atoms with Gasteiger partial charge in [0.2, 0.25) is 0 Å². The summed E-state index contributed by atoms with van der Waals surface area (Å²) in [6, 6.07) is 16.3. The van der Waals surface area contributed by atoms with Crippen molar-refractivity contribution in [1.82, 2.24) is 0 Å². The molecule has 0 spiro atoms. The summed E-state index contributed by atoms with van der Waals surface area (Å²) >= 11 is 0. The first-order valence-corrected chi connectivity index (χ1v) is 8.50. The van der Waals surface area contributed by atoms with Crippen LogP contribution in [0, 0.1) is 6.92 Å². The number of hydrogen-bond donors (Lipinski definition) is 0. The minimum atomic E-state index is -3.74. The summed E-state index contributed by atoms with van der Waals surface area (Å²) in [5, 5.41) is 0. The monoisotopic (exact) mass is 320 g/mol. The molecule has 0 aliphatic rings. The molecule has 2 aromatic carbocycles. The van der Waals surface area contributed by atoms with Crippen LogP contribution in [-0.4, -0.2) is 21.1 Å². The summed E-state index contributed by atoms with van der Waals surface area (Å²) in [5.41, 5.74) is 2.04. The minimum Gasteiger partial charge on any atom is -0.371 e. The van der Waals surface area contributed by atoms with Crippen molar-refractivity contribution in [3.63, 3.8) is 0 Å². The lowest BCUT2D eigenvalue weighted by molar-refractivity contribution is 0.0229. The SMILES string of the molecule is Cc1ccc(S(=O)(=O)OCC(C)OCc2ccccc2)cc1. The van der Waals surface area contributed by atoms with Crippen molar-refractivity contribution in [2.75, 3.05) is 6.61 Å². The second-order valence-electron chi connectivity index (χ2n) is 5.16. The largest absolute Gasteiger partial charge is 0.371 e. The van der Waals surface area contributed by atoms with E-state index in [-0.39, 0.29) is 17.6 Å². The zero-order chi connectivity index (χ0) is 16.0. The first-order chi connectivity index (χ1) is 10.5. The van der Waals surface area contributed by atoms with Crippen molar-refractivity contribution in [3.05, 3.63) is 65.7 Å². The van der Waals surface area contributed by atoms with Crippen molar-refractivity contribution < 1.29 is 17.3 Å². The first-order valence-electron chi connectivity index (χ1n) is 7.09. The molecule has 2 rings (SSSR count). The Balaban J connectivity index is 1.85. The van der Waals surface area contributed by atoms with Crippen molar-refractivity contribution >= 4 is 10.1 Å². The van der Waals surface area contributed by atoms with Crippen LogP contribution >= 0.6 is 0 Å². The third-order valence-electron chi connectivity index (χ3n) is 3.14. The van der Waals surface area contributed by atoms with E-state index in [9.17, 15) is 8.42 Å². The van der Waals surface area contributed by atoms with Crippen LogP contribution in [0.3, 0.4) is 0 Å². The molecule has 0 saturated carbocycles. The molecule has 0 bridgehead atoms. The van der Waals surface area contributed by atoms with E-state index in [1.54, 1.807) is 31.2 Å². The standard InChI is InChI=1S/C17H20O4S/c1-14-8-10-17(11-9-14)22(18,19)21-12-15(2)20-13-16-6-4-3-5-7-16/h3-11,15H,12-13H2,1-2H3. The van der Waals surface area contributed by atoms with Crippen molar-refractivity contribution in [1.29, 1.82) is 0 Å². The highest BCUT2D eigenvalue weighted by Gasteiger charge is 2.16. The maximum atomic E-state index is 12.0. The Labute approximate surface area is 131 Å². The Morgan fingerprint density at radius 1 is 1.00 bits per heavy atom. The van der Waals surface area contributed by atoms with Crippen LogP contribution in [0.1, 0.15) is 18.1 Å². The van der Waals surface area contributed by atoms with Crippen LogP contribution in [0.4, 0.5) is 0 Å². The van der Waals surface area contributed by atoms with Gasteiger partial charge in [-0.25, -0.2) is 0 Å². The lowest BCUT2D eigenvalue weighted by Gasteiger charge is -2.13. The molecule has 0 aromatic heterocycles. The fourth-order valence-electron chi connectivity index (χ4n) is 1.82. The Hall–Kier alpha value is -1.69. The lowest BCUT2D eigenvalue weighted by atomic mass is 10.2. The molecule has 1 unspecified atom stereocenters. The van der Waals surface area contributed by atoms with E-state index in [0.29, 0.717) is 6.61 Å². The molecule has 4 nitrogen and oxygen atoms in total. The maximum Gasteiger partial charge on any atom is 0.297 e. The van der Waals surface area contributed by atoms with E-state index >= 15 is 0 Å². The van der Waals surface area contributed by atoms with Gasteiger partial charge in [0.05, 0.1) is 24.2 Å². The highest BCUT2D eigenvalue weighted by Crippen LogP contribution is 2.14. The fourth-order valence-corrected chi connectivity index (χ4v) is 2.80. The molecule has 0 heterocycles. The molecule has 0 aliphatic carbocycles. The van der Waals surface area contributed by atoms with Gasteiger partial charge in [-0.2, -0.15) is 8.42 Å². The van der Waals surface area contributed by atoms with Crippen LogP contribution in [0.5, 0.6) is 0 Å². The molecule has 2 aromatic rings. The lowest BCUT2D eigenvalue weighted by Crippen LogP contribution is -2.19. The Morgan fingerprint density at radius 2 is 1.64 bits per heavy atom.